The minimum Gasteiger partial charge on any atom is -0.618 e. The molecule has 0 aliphatic carbocycles. The number of hydrogen-bond donors (Lipinski definition) is 0. The lowest BCUT2D eigenvalue weighted by Gasteiger charge is -2.04. The molecule has 2 heterocycles. The van der Waals surface area contributed by atoms with E-state index in [0.717, 1.165) is 22.4 Å². The van der Waals surface area contributed by atoms with Gasteiger partial charge in [0.25, 0.3) is 5.52 Å². The third kappa shape index (κ3) is 1.07. The second-order valence-electron chi connectivity index (χ2n) is 3.38. The molecule has 0 aliphatic rings. The molecule has 0 bridgehead atoms. The zero-order valence-corrected chi connectivity index (χ0v) is 8.50. The number of aryl methyl sites for hydroxylation is 2. The average molecular weight is 192 g/mol. The van der Waals surface area contributed by atoms with Gasteiger partial charge in [0.2, 0.25) is 5.58 Å². The van der Waals surface area contributed by atoms with Gasteiger partial charge in [0.05, 0.1) is 0 Å². The van der Waals surface area contributed by atoms with Crippen LogP contribution >= 0.6 is 0 Å². The molecule has 0 fully saturated rings. The van der Waals surface area contributed by atoms with Crippen molar-refractivity contribution in [1.82, 2.24) is 5.16 Å². The van der Waals surface area contributed by atoms with E-state index in [4.69, 9.17) is 4.52 Å². The molecule has 0 amide bonds. The third-order valence-corrected chi connectivity index (χ3v) is 2.52. The number of pyridine rings is 1. The summed E-state index contributed by atoms with van der Waals surface area (Å²) < 4.78 is 5.96. The van der Waals surface area contributed by atoms with Crippen LogP contribution in [0.25, 0.3) is 11.1 Å². The summed E-state index contributed by atoms with van der Waals surface area (Å²) in [7, 11) is 0. The molecule has 0 spiro atoms. The van der Waals surface area contributed by atoms with Gasteiger partial charge in [-0.05, 0) is 13.3 Å². The van der Waals surface area contributed by atoms with Gasteiger partial charge < -0.3 is 9.73 Å². The molecule has 0 radical (unpaired) electrons. The van der Waals surface area contributed by atoms with Crippen molar-refractivity contribution in [3.05, 3.63) is 28.2 Å². The van der Waals surface area contributed by atoms with Gasteiger partial charge >= 0.3 is 0 Å². The van der Waals surface area contributed by atoms with Gasteiger partial charge in [0.15, 0.2) is 11.4 Å². The fourth-order valence-corrected chi connectivity index (χ4v) is 1.64. The van der Waals surface area contributed by atoms with Crippen molar-refractivity contribution in [1.29, 1.82) is 0 Å². The maximum atomic E-state index is 11.8. The summed E-state index contributed by atoms with van der Waals surface area (Å²) in [5.74, 6) is 0. The summed E-state index contributed by atoms with van der Waals surface area (Å²) in [6.45, 7) is 5.60. The number of hydrogen-bond acceptors (Lipinski definition) is 3. The van der Waals surface area contributed by atoms with E-state index < -0.39 is 0 Å². The Morgan fingerprint density at radius 2 is 2.21 bits per heavy atom. The number of rotatable bonds is 1. The van der Waals surface area contributed by atoms with Crippen LogP contribution in [0, 0.1) is 19.1 Å². The van der Waals surface area contributed by atoms with E-state index in [1.54, 1.807) is 6.92 Å². The van der Waals surface area contributed by atoms with Crippen LogP contribution in [0.4, 0.5) is 0 Å². The molecule has 0 saturated heterocycles. The molecule has 0 aromatic carbocycles. The van der Waals surface area contributed by atoms with E-state index in [1.165, 1.54) is 0 Å². The minimum atomic E-state index is 0.541. The van der Waals surface area contributed by atoms with Crippen LogP contribution in [-0.4, -0.2) is 5.16 Å². The lowest BCUT2D eigenvalue weighted by molar-refractivity contribution is -0.585. The van der Waals surface area contributed by atoms with Crippen molar-refractivity contribution in [2.75, 3.05) is 0 Å². The van der Waals surface area contributed by atoms with Crippen LogP contribution in [0.5, 0.6) is 0 Å². The van der Waals surface area contributed by atoms with Crippen LogP contribution in [-0.2, 0) is 6.42 Å². The van der Waals surface area contributed by atoms with Crippen molar-refractivity contribution < 1.29 is 9.25 Å². The van der Waals surface area contributed by atoms with Gasteiger partial charge in [-0.2, -0.15) is 4.73 Å². The molecule has 74 valence electrons. The highest BCUT2D eigenvalue weighted by atomic mass is 16.5. The van der Waals surface area contributed by atoms with Crippen molar-refractivity contribution in [2.24, 2.45) is 0 Å². The van der Waals surface area contributed by atoms with E-state index in [9.17, 15) is 5.21 Å². The van der Waals surface area contributed by atoms with Gasteiger partial charge in [-0.25, -0.2) is 0 Å². The Morgan fingerprint density at radius 1 is 1.50 bits per heavy atom. The zero-order chi connectivity index (χ0) is 10.3. The minimum absolute atomic E-state index is 0.541. The van der Waals surface area contributed by atoms with E-state index in [1.807, 2.05) is 19.9 Å². The SMILES string of the molecule is CCc1cc2onc(C)c2[n+]([O-])c1C. The first kappa shape index (κ1) is 8.99. The highest BCUT2D eigenvalue weighted by Crippen LogP contribution is 2.17. The predicted octanol–water partition coefficient (Wildman–Crippen LogP) is 1.64. The van der Waals surface area contributed by atoms with Crippen LogP contribution in [0.3, 0.4) is 0 Å². The van der Waals surface area contributed by atoms with E-state index in [-0.39, 0.29) is 0 Å². The van der Waals surface area contributed by atoms with Crippen molar-refractivity contribution in [3.63, 3.8) is 0 Å². The van der Waals surface area contributed by atoms with Gasteiger partial charge in [-0.3, -0.25) is 0 Å². The molecule has 4 nitrogen and oxygen atoms in total. The van der Waals surface area contributed by atoms with Gasteiger partial charge in [0, 0.05) is 18.6 Å². The summed E-state index contributed by atoms with van der Waals surface area (Å²) >= 11 is 0. The Labute approximate surface area is 81.7 Å². The third-order valence-electron chi connectivity index (χ3n) is 2.52. The standard InChI is InChI=1S/C10H12N2O2/c1-4-8-5-9-10(6(2)11-14-9)12(13)7(8)3/h5H,4H2,1-3H3. The predicted molar refractivity (Wildman–Crippen MR) is 51.8 cm³/mol. The molecule has 2 aromatic heterocycles. The first-order valence-electron chi connectivity index (χ1n) is 4.63. The molecule has 0 N–H and O–H groups in total. The van der Waals surface area contributed by atoms with Crippen molar-refractivity contribution >= 4 is 11.1 Å². The van der Waals surface area contributed by atoms with Gasteiger partial charge in [-0.1, -0.05) is 12.1 Å². The second kappa shape index (κ2) is 2.97. The van der Waals surface area contributed by atoms with Gasteiger partial charge in [-0.15, -0.1) is 0 Å². The molecule has 0 atom stereocenters. The molecule has 2 rings (SSSR count). The van der Waals surface area contributed by atoms with E-state index >= 15 is 0 Å². The van der Waals surface area contributed by atoms with E-state index in [2.05, 4.69) is 5.16 Å². The molecular weight excluding hydrogens is 180 g/mol. The number of aromatic nitrogens is 2. The highest BCUT2D eigenvalue weighted by molar-refractivity contribution is 5.71. The molecule has 4 heteroatoms. The lowest BCUT2D eigenvalue weighted by atomic mass is 10.1. The van der Waals surface area contributed by atoms with Crippen LogP contribution in [0.15, 0.2) is 10.6 Å². The largest absolute Gasteiger partial charge is 0.618 e. The van der Waals surface area contributed by atoms with Crippen LogP contribution < -0.4 is 4.73 Å². The Kier molecular flexibility index (Phi) is 1.91. The Morgan fingerprint density at radius 3 is 2.86 bits per heavy atom. The summed E-state index contributed by atoms with van der Waals surface area (Å²) in [5.41, 5.74) is 3.48. The molecule has 2 aromatic rings. The van der Waals surface area contributed by atoms with Crippen molar-refractivity contribution in [3.8, 4) is 0 Å². The van der Waals surface area contributed by atoms with Gasteiger partial charge in [0.1, 0.15) is 0 Å². The second-order valence-corrected chi connectivity index (χ2v) is 3.38. The van der Waals surface area contributed by atoms with Crippen molar-refractivity contribution in [2.45, 2.75) is 27.2 Å². The fraction of sp³-hybridized carbons (Fsp3) is 0.400. The monoisotopic (exact) mass is 192 g/mol. The first-order chi connectivity index (χ1) is 6.65. The summed E-state index contributed by atoms with van der Waals surface area (Å²) in [6, 6.07) is 1.89. The fourth-order valence-electron chi connectivity index (χ4n) is 1.64. The number of nitrogens with zero attached hydrogens (tertiary/aromatic N) is 2. The summed E-state index contributed by atoms with van der Waals surface area (Å²) in [6.07, 6.45) is 0.823. The maximum absolute atomic E-state index is 11.8. The normalized spacial score (nSPS) is 11.1. The molecule has 14 heavy (non-hydrogen) atoms. The Bertz CT molecular complexity index is 488. The zero-order valence-electron chi connectivity index (χ0n) is 8.50. The van der Waals surface area contributed by atoms with Crippen LogP contribution in [0.2, 0.25) is 0 Å². The molecule has 0 unspecified atom stereocenters. The summed E-state index contributed by atoms with van der Waals surface area (Å²) in [4.78, 5) is 0. The van der Waals surface area contributed by atoms with E-state index in [0.29, 0.717) is 16.8 Å². The topological polar surface area (TPSA) is 53.0 Å². The number of fused-ring (bicyclic) bond motifs is 1. The highest BCUT2D eigenvalue weighted by Gasteiger charge is 2.18. The first-order valence-corrected chi connectivity index (χ1v) is 4.63. The summed E-state index contributed by atoms with van der Waals surface area (Å²) in [5, 5.41) is 15.6. The molecular formula is C10H12N2O2. The molecule has 0 saturated carbocycles. The quantitative estimate of drug-likeness (QED) is 0.509. The maximum Gasteiger partial charge on any atom is 0.287 e. The van der Waals surface area contributed by atoms with Crippen LogP contribution in [0.1, 0.15) is 23.9 Å². The Hall–Kier alpha value is -1.58. The lowest BCUT2D eigenvalue weighted by Crippen LogP contribution is -2.32. The average Bonchev–Trinajstić information content (AvgIpc) is 2.54. The smallest absolute Gasteiger partial charge is 0.287 e. The Balaban J connectivity index is 2.87. The molecule has 0 aliphatic heterocycles.